The first kappa shape index (κ1) is 16.6. The third kappa shape index (κ3) is 3.33. The molecule has 6 nitrogen and oxygen atoms in total. The zero-order chi connectivity index (χ0) is 18.0. The molecule has 1 aromatic heterocycles. The normalized spacial score (nSPS) is 10.6. The number of carbonyl (C=O) groups excluding carboxylic acids is 1. The Bertz CT molecular complexity index is 985. The van der Waals surface area contributed by atoms with Gasteiger partial charge in [-0.15, -0.1) is 0 Å². The zero-order valence-corrected chi connectivity index (χ0v) is 13.7. The van der Waals surface area contributed by atoms with E-state index in [1.807, 2.05) is 13.0 Å². The smallest absolute Gasteiger partial charge is 0.235 e. The van der Waals surface area contributed by atoms with E-state index >= 15 is 0 Å². The number of carboxylic acids is 1. The number of carboxylic acid groups (broad SMARTS) is 1. The number of hydrogen-bond acceptors (Lipinski definition) is 6. The van der Waals surface area contributed by atoms with E-state index in [0.29, 0.717) is 22.3 Å². The second-order valence-corrected chi connectivity index (χ2v) is 5.48. The number of fused-ring (bicyclic) bond motifs is 1. The zero-order valence-electron chi connectivity index (χ0n) is 13.7. The topological polar surface area (TPSA) is 88.8 Å². The molecular formula is C19H15O6-. The number of rotatable bonds is 5. The van der Waals surface area contributed by atoms with Crippen LogP contribution in [0.2, 0.25) is 0 Å². The molecule has 3 aromatic rings. The van der Waals surface area contributed by atoms with Gasteiger partial charge in [0.1, 0.15) is 17.9 Å². The van der Waals surface area contributed by atoms with Crippen molar-refractivity contribution < 1.29 is 23.8 Å². The summed E-state index contributed by atoms with van der Waals surface area (Å²) in [6.45, 7) is 1.10. The van der Waals surface area contributed by atoms with Gasteiger partial charge in [0.05, 0.1) is 18.5 Å². The third-order valence-corrected chi connectivity index (χ3v) is 3.69. The van der Waals surface area contributed by atoms with Crippen molar-refractivity contribution >= 4 is 16.9 Å². The maximum absolute atomic E-state index is 12.8. The third-order valence-electron chi connectivity index (χ3n) is 3.69. The molecule has 0 spiro atoms. The van der Waals surface area contributed by atoms with E-state index in [1.54, 1.807) is 43.5 Å². The minimum atomic E-state index is -1.43. The molecule has 0 radical (unpaired) electrons. The van der Waals surface area contributed by atoms with Crippen LogP contribution in [0.15, 0.2) is 51.7 Å². The molecule has 1 heterocycles. The average Bonchev–Trinajstić information content (AvgIpc) is 2.61. The predicted octanol–water partition coefficient (Wildman–Crippen LogP) is 1.91. The summed E-state index contributed by atoms with van der Waals surface area (Å²) in [4.78, 5) is 23.5. The van der Waals surface area contributed by atoms with E-state index in [1.165, 1.54) is 0 Å². The summed E-state index contributed by atoms with van der Waals surface area (Å²) in [5, 5.41) is 11.1. The monoisotopic (exact) mass is 339 g/mol. The lowest BCUT2D eigenvalue weighted by molar-refractivity contribution is -0.307. The van der Waals surface area contributed by atoms with Crippen LogP contribution >= 0.6 is 0 Å². The molecule has 6 heteroatoms. The minimum absolute atomic E-state index is 0.158. The fourth-order valence-electron chi connectivity index (χ4n) is 2.49. The fraction of sp³-hybridized carbons (Fsp3) is 0.158. The van der Waals surface area contributed by atoms with Crippen molar-refractivity contribution in [2.45, 2.75) is 6.92 Å². The lowest BCUT2D eigenvalue weighted by Crippen LogP contribution is -2.30. The molecule has 0 bridgehead atoms. The molecular weight excluding hydrogens is 324 g/mol. The van der Waals surface area contributed by atoms with Crippen molar-refractivity contribution in [1.29, 1.82) is 0 Å². The Hall–Kier alpha value is -3.28. The summed E-state index contributed by atoms with van der Waals surface area (Å²) in [6.07, 6.45) is 0. The Balaban J connectivity index is 2.23. The Labute approximate surface area is 143 Å². The van der Waals surface area contributed by atoms with Gasteiger partial charge in [0, 0.05) is 5.56 Å². The lowest BCUT2D eigenvalue weighted by atomic mass is 10.1. The molecule has 0 aliphatic carbocycles. The number of methoxy groups -OCH3 is 1. The number of ether oxygens (including phenoxy) is 2. The summed E-state index contributed by atoms with van der Waals surface area (Å²) < 4.78 is 16.1. The Morgan fingerprint density at radius 2 is 1.88 bits per heavy atom. The molecule has 0 aliphatic heterocycles. The van der Waals surface area contributed by atoms with Gasteiger partial charge in [-0.2, -0.15) is 0 Å². The highest BCUT2D eigenvalue weighted by Gasteiger charge is 2.18. The van der Waals surface area contributed by atoms with E-state index < -0.39 is 18.0 Å². The van der Waals surface area contributed by atoms with E-state index in [9.17, 15) is 14.7 Å². The van der Waals surface area contributed by atoms with E-state index in [4.69, 9.17) is 13.9 Å². The van der Waals surface area contributed by atoms with Crippen LogP contribution in [0.1, 0.15) is 5.56 Å². The largest absolute Gasteiger partial charge is 0.546 e. The van der Waals surface area contributed by atoms with Crippen molar-refractivity contribution in [1.82, 2.24) is 0 Å². The van der Waals surface area contributed by atoms with Crippen LogP contribution in [0.4, 0.5) is 0 Å². The van der Waals surface area contributed by atoms with E-state index in [-0.39, 0.29) is 11.5 Å². The van der Waals surface area contributed by atoms with Crippen LogP contribution in [0.25, 0.3) is 22.3 Å². The average molecular weight is 339 g/mol. The molecule has 25 heavy (non-hydrogen) atoms. The van der Waals surface area contributed by atoms with Gasteiger partial charge in [-0.3, -0.25) is 4.79 Å². The van der Waals surface area contributed by atoms with Gasteiger partial charge in [-0.25, -0.2) is 0 Å². The summed E-state index contributed by atoms with van der Waals surface area (Å²) in [5.74, 6) is -0.790. The highest BCUT2D eigenvalue weighted by Crippen LogP contribution is 2.32. The van der Waals surface area contributed by atoms with Crippen molar-refractivity contribution in [3.8, 4) is 22.8 Å². The van der Waals surface area contributed by atoms with Gasteiger partial charge in [0.25, 0.3) is 0 Å². The predicted molar refractivity (Wildman–Crippen MR) is 89.7 cm³/mol. The Morgan fingerprint density at radius 1 is 1.16 bits per heavy atom. The fourth-order valence-corrected chi connectivity index (χ4v) is 2.49. The minimum Gasteiger partial charge on any atom is -0.546 e. The Morgan fingerprint density at radius 3 is 2.52 bits per heavy atom. The van der Waals surface area contributed by atoms with Crippen LogP contribution in [0.5, 0.6) is 11.5 Å². The highest BCUT2D eigenvalue weighted by atomic mass is 16.5. The number of aliphatic carboxylic acids is 1. The first-order valence-electron chi connectivity index (χ1n) is 7.54. The second kappa shape index (κ2) is 6.68. The quantitative estimate of drug-likeness (QED) is 0.705. The van der Waals surface area contributed by atoms with Crippen LogP contribution in [-0.4, -0.2) is 19.7 Å². The van der Waals surface area contributed by atoms with Crippen LogP contribution < -0.4 is 20.0 Å². The number of hydrogen-bond donors (Lipinski definition) is 0. The summed E-state index contributed by atoms with van der Waals surface area (Å²) in [6, 6.07) is 12.0. The van der Waals surface area contributed by atoms with Gasteiger partial charge in [0.15, 0.2) is 5.76 Å². The Kier molecular flexibility index (Phi) is 4.43. The molecule has 128 valence electrons. The van der Waals surface area contributed by atoms with E-state index in [2.05, 4.69) is 0 Å². The van der Waals surface area contributed by atoms with E-state index in [0.717, 1.165) is 5.56 Å². The van der Waals surface area contributed by atoms with Crippen molar-refractivity contribution in [3.63, 3.8) is 0 Å². The molecule has 0 N–H and O–H groups in total. The number of aryl methyl sites for hydroxylation is 1. The van der Waals surface area contributed by atoms with Crippen LogP contribution in [-0.2, 0) is 4.79 Å². The van der Waals surface area contributed by atoms with Crippen molar-refractivity contribution in [3.05, 3.63) is 58.3 Å². The molecule has 0 saturated heterocycles. The van der Waals surface area contributed by atoms with Gasteiger partial charge in [0.2, 0.25) is 11.2 Å². The number of benzene rings is 2. The summed E-state index contributed by atoms with van der Waals surface area (Å²) in [7, 11) is 1.54. The first-order chi connectivity index (χ1) is 12.0. The van der Waals surface area contributed by atoms with Crippen LogP contribution in [0.3, 0.4) is 0 Å². The van der Waals surface area contributed by atoms with Crippen molar-refractivity contribution in [2.24, 2.45) is 0 Å². The maximum atomic E-state index is 12.8. The molecule has 0 saturated carbocycles. The maximum Gasteiger partial charge on any atom is 0.235 e. The molecule has 0 atom stereocenters. The van der Waals surface area contributed by atoms with Gasteiger partial charge < -0.3 is 23.8 Å². The lowest BCUT2D eigenvalue weighted by Gasteiger charge is -2.12. The van der Waals surface area contributed by atoms with Gasteiger partial charge in [-0.1, -0.05) is 11.6 Å². The summed E-state index contributed by atoms with van der Waals surface area (Å²) in [5.41, 5.74) is 1.40. The molecule has 2 aromatic carbocycles. The first-order valence-corrected chi connectivity index (χ1v) is 7.54. The standard InChI is InChI=1S/C19H16O6/c1-11-3-8-15-14(9-11)17(22)19(24-10-16(20)21)18(25-15)12-4-6-13(23-2)7-5-12/h3-9H,10H2,1-2H3,(H,20,21)/p-1. The highest BCUT2D eigenvalue weighted by molar-refractivity contribution is 5.82. The number of carbonyl (C=O) groups is 1. The molecule has 3 rings (SSSR count). The molecule has 0 unspecified atom stereocenters. The SMILES string of the molecule is COc1ccc(-c2oc3ccc(C)cc3c(=O)c2OCC(=O)[O-])cc1. The summed E-state index contributed by atoms with van der Waals surface area (Å²) >= 11 is 0. The van der Waals surface area contributed by atoms with Gasteiger partial charge in [-0.05, 0) is 43.3 Å². The van der Waals surface area contributed by atoms with Gasteiger partial charge >= 0.3 is 0 Å². The molecule has 0 aliphatic rings. The molecule has 0 fully saturated rings. The second-order valence-electron chi connectivity index (χ2n) is 5.48. The molecule has 0 amide bonds. The van der Waals surface area contributed by atoms with Crippen molar-refractivity contribution in [2.75, 3.05) is 13.7 Å². The van der Waals surface area contributed by atoms with Crippen LogP contribution in [0, 0.1) is 6.92 Å².